The molecule has 0 radical (unpaired) electrons. The number of sulfone groups is 1. The zero-order valence-electron chi connectivity index (χ0n) is 18.4. The molecular weight excluding hydrogens is 444 g/mol. The molecule has 0 saturated heterocycles. The van der Waals surface area contributed by atoms with Crippen LogP contribution in [0.2, 0.25) is 0 Å². The summed E-state index contributed by atoms with van der Waals surface area (Å²) in [6, 6.07) is 16.7. The Bertz CT molecular complexity index is 1250. The van der Waals surface area contributed by atoms with Gasteiger partial charge in [0.1, 0.15) is 6.04 Å². The lowest BCUT2D eigenvalue weighted by molar-refractivity contribution is -0.142. The summed E-state index contributed by atoms with van der Waals surface area (Å²) in [6.45, 7) is 1.51. The normalized spacial score (nSPS) is 12.3. The van der Waals surface area contributed by atoms with Crippen molar-refractivity contribution in [3.63, 3.8) is 0 Å². The molecule has 0 aliphatic heterocycles. The lowest BCUT2D eigenvalue weighted by Gasteiger charge is -2.14. The fourth-order valence-corrected chi connectivity index (χ4v) is 4.27. The Balaban J connectivity index is 2.01. The van der Waals surface area contributed by atoms with E-state index in [4.69, 9.17) is 5.11 Å². The average molecular weight is 471 g/mol. The molecular formula is C24H26N2O6S. The molecule has 0 aliphatic carbocycles. The molecule has 1 unspecified atom stereocenters. The molecule has 0 saturated carbocycles. The van der Waals surface area contributed by atoms with Crippen LogP contribution in [0.3, 0.4) is 0 Å². The summed E-state index contributed by atoms with van der Waals surface area (Å²) in [4.78, 5) is 24.1. The van der Waals surface area contributed by atoms with Crippen LogP contribution in [0.1, 0.15) is 17.7 Å². The van der Waals surface area contributed by atoms with Gasteiger partial charge in [0, 0.05) is 30.7 Å². The highest BCUT2D eigenvalue weighted by atomic mass is 32.2. The van der Waals surface area contributed by atoms with E-state index in [-0.39, 0.29) is 24.3 Å². The minimum Gasteiger partial charge on any atom is -0.480 e. The second-order valence-corrected chi connectivity index (χ2v) is 9.77. The average Bonchev–Trinajstić information content (AvgIpc) is 3.09. The van der Waals surface area contributed by atoms with Crippen LogP contribution in [0.15, 0.2) is 65.6 Å². The van der Waals surface area contributed by atoms with Gasteiger partial charge in [-0.3, -0.25) is 4.79 Å². The first-order chi connectivity index (χ1) is 15.6. The number of carboxylic acid groups (broad SMARTS) is 1. The maximum atomic E-state index is 12.6. The fraction of sp³-hybridized carbons (Fsp3) is 0.250. The molecule has 1 heterocycles. The molecule has 2 aromatic carbocycles. The minimum absolute atomic E-state index is 0.0463. The van der Waals surface area contributed by atoms with Crippen LogP contribution in [0.5, 0.6) is 0 Å². The van der Waals surface area contributed by atoms with E-state index in [1.807, 2.05) is 47.9 Å². The van der Waals surface area contributed by atoms with Gasteiger partial charge in [-0.25, -0.2) is 13.2 Å². The molecule has 0 aliphatic rings. The highest BCUT2D eigenvalue weighted by molar-refractivity contribution is 7.90. The van der Waals surface area contributed by atoms with Crippen LogP contribution < -0.4 is 5.32 Å². The van der Waals surface area contributed by atoms with Gasteiger partial charge in [-0.15, -0.1) is 0 Å². The summed E-state index contributed by atoms with van der Waals surface area (Å²) in [5.41, 5.74) is 3.91. The van der Waals surface area contributed by atoms with E-state index in [0.29, 0.717) is 5.56 Å². The number of aliphatic hydroxyl groups excluding tert-OH is 1. The SMILES string of the molecule is Cc1c(CC(=O)NC(CCO)C(=O)O)cc(-c2ccc(S(C)(=O)=O)cc2)n1-c1ccccc1. The van der Waals surface area contributed by atoms with Crippen molar-refractivity contribution >= 4 is 21.7 Å². The molecule has 1 aromatic heterocycles. The predicted octanol–water partition coefficient (Wildman–Crippen LogP) is 2.35. The van der Waals surface area contributed by atoms with Crippen LogP contribution >= 0.6 is 0 Å². The third kappa shape index (κ3) is 5.68. The Morgan fingerprint density at radius 3 is 2.24 bits per heavy atom. The Labute approximate surface area is 192 Å². The number of para-hydroxylation sites is 1. The number of hydrogen-bond donors (Lipinski definition) is 3. The number of nitrogens with one attached hydrogen (secondary N) is 1. The molecule has 174 valence electrons. The van der Waals surface area contributed by atoms with Crippen LogP contribution in [0.25, 0.3) is 16.9 Å². The van der Waals surface area contributed by atoms with E-state index in [9.17, 15) is 23.1 Å². The summed E-state index contributed by atoms with van der Waals surface area (Å²) in [5, 5.41) is 20.7. The number of aromatic nitrogens is 1. The third-order valence-corrected chi connectivity index (χ3v) is 6.48. The van der Waals surface area contributed by atoms with E-state index in [1.165, 1.54) is 0 Å². The lowest BCUT2D eigenvalue weighted by atomic mass is 10.1. The molecule has 9 heteroatoms. The highest BCUT2D eigenvalue weighted by Crippen LogP contribution is 2.30. The van der Waals surface area contributed by atoms with Gasteiger partial charge in [0.2, 0.25) is 5.91 Å². The Kier molecular flexibility index (Phi) is 7.35. The number of hydrogen-bond acceptors (Lipinski definition) is 5. The van der Waals surface area contributed by atoms with Gasteiger partial charge in [0.05, 0.1) is 17.0 Å². The second-order valence-electron chi connectivity index (χ2n) is 7.76. The largest absolute Gasteiger partial charge is 0.480 e. The Morgan fingerprint density at radius 2 is 1.70 bits per heavy atom. The van der Waals surface area contributed by atoms with Crippen molar-refractivity contribution in [1.82, 2.24) is 9.88 Å². The summed E-state index contributed by atoms with van der Waals surface area (Å²) < 4.78 is 25.6. The van der Waals surface area contributed by atoms with E-state index in [2.05, 4.69) is 5.32 Å². The smallest absolute Gasteiger partial charge is 0.326 e. The molecule has 33 heavy (non-hydrogen) atoms. The second kappa shape index (κ2) is 10.0. The number of carboxylic acids is 1. The predicted molar refractivity (Wildman–Crippen MR) is 124 cm³/mol. The van der Waals surface area contributed by atoms with Crippen molar-refractivity contribution < 1.29 is 28.2 Å². The maximum absolute atomic E-state index is 12.6. The van der Waals surface area contributed by atoms with Crippen molar-refractivity contribution in [3.8, 4) is 16.9 Å². The molecule has 1 atom stereocenters. The van der Waals surface area contributed by atoms with Crippen LogP contribution in [-0.4, -0.2) is 54.0 Å². The lowest BCUT2D eigenvalue weighted by Crippen LogP contribution is -2.42. The molecule has 8 nitrogen and oxygen atoms in total. The van der Waals surface area contributed by atoms with Gasteiger partial charge in [0.25, 0.3) is 0 Å². The quantitative estimate of drug-likeness (QED) is 0.441. The van der Waals surface area contributed by atoms with E-state index in [0.717, 1.165) is 28.9 Å². The van der Waals surface area contributed by atoms with Crippen molar-refractivity contribution in [2.75, 3.05) is 12.9 Å². The summed E-state index contributed by atoms with van der Waals surface area (Å²) in [5.74, 6) is -1.68. The topological polar surface area (TPSA) is 126 Å². The Hall–Kier alpha value is -3.43. The monoisotopic (exact) mass is 470 g/mol. The summed E-state index contributed by atoms with van der Waals surface area (Å²) >= 11 is 0. The van der Waals surface area contributed by atoms with Gasteiger partial charge in [-0.2, -0.15) is 0 Å². The first-order valence-corrected chi connectivity index (χ1v) is 12.2. The number of benzene rings is 2. The zero-order chi connectivity index (χ0) is 24.2. The summed E-state index contributed by atoms with van der Waals surface area (Å²) in [6.07, 6.45) is 1.02. The van der Waals surface area contributed by atoms with E-state index in [1.54, 1.807) is 24.3 Å². The molecule has 3 rings (SSSR count). The van der Waals surface area contributed by atoms with Crippen molar-refractivity contribution in [1.29, 1.82) is 0 Å². The number of amides is 1. The standard InChI is InChI=1S/C24H26N2O6S/c1-16-18(15-23(28)25-21(12-13-27)24(29)30)14-22(26(16)19-6-4-3-5-7-19)17-8-10-20(11-9-17)33(2,31)32/h3-11,14,21,27H,12-13,15H2,1-2H3,(H,25,28)(H,29,30). The number of carbonyl (C=O) groups excluding carboxylic acids is 1. The minimum atomic E-state index is -3.33. The highest BCUT2D eigenvalue weighted by Gasteiger charge is 2.22. The van der Waals surface area contributed by atoms with Gasteiger partial charge in [0.15, 0.2) is 9.84 Å². The van der Waals surface area contributed by atoms with Crippen LogP contribution in [0.4, 0.5) is 0 Å². The maximum Gasteiger partial charge on any atom is 0.326 e. The van der Waals surface area contributed by atoms with Crippen LogP contribution in [-0.2, 0) is 25.8 Å². The van der Waals surface area contributed by atoms with Crippen LogP contribution in [0, 0.1) is 6.92 Å². The molecule has 0 spiro atoms. The molecule has 3 N–H and O–H groups in total. The van der Waals surface area contributed by atoms with E-state index >= 15 is 0 Å². The first kappa shape index (κ1) is 24.2. The molecule has 0 fully saturated rings. The van der Waals surface area contributed by atoms with Gasteiger partial charge < -0.3 is 20.1 Å². The first-order valence-electron chi connectivity index (χ1n) is 10.3. The third-order valence-electron chi connectivity index (χ3n) is 5.35. The van der Waals surface area contributed by atoms with Gasteiger partial charge in [-0.1, -0.05) is 30.3 Å². The van der Waals surface area contributed by atoms with E-state index < -0.39 is 27.8 Å². The molecule has 3 aromatic rings. The molecule has 0 bridgehead atoms. The number of aliphatic carboxylic acids is 1. The summed E-state index contributed by atoms with van der Waals surface area (Å²) in [7, 11) is -3.33. The number of rotatable bonds is 9. The van der Waals surface area contributed by atoms with Gasteiger partial charge >= 0.3 is 5.97 Å². The Morgan fingerprint density at radius 1 is 1.06 bits per heavy atom. The zero-order valence-corrected chi connectivity index (χ0v) is 19.2. The number of aliphatic hydroxyl groups is 1. The number of carbonyl (C=O) groups is 2. The van der Waals surface area contributed by atoms with Gasteiger partial charge in [-0.05, 0) is 48.4 Å². The van der Waals surface area contributed by atoms with Crippen molar-refractivity contribution in [2.45, 2.75) is 30.7 Å². The fourth-order valence-electron chi connectivity index (χ4n) is 3.64. The van der Waals surface area contributed by atoms with Crippen molar-refractivity contribution in [3.05, 3.63) is 71.9 Å². The van der Waals surface area contributed by atoms with Crippen molar-refractivity contribution in [2.24, 2.45) is 0 Å². The number of nitrogens with zero attached hydrogens (tertiary/aromatic N) is 1. The molecule has 1 amide bonds.